The molecule has 3 N–H and O–H groups in total. The molecule has 1 unspecified atom stereocenters. The molecule has 1 fully saturated rings. The van der Waals surface area contributed by atoms with Gasteiger partial charge in [-0.05, 0) is 37.0 Å². The Hall–Kier alpha value is -1.06. The summed E-state index contributed by atoms with van der Waals surface area (Å²) in [5, 5.41) is 9.58. The van der Waals surface area contributed by atoms with Gasteiger partial charge in [0.2, 0.25) is 0 Å². The maximum atomic E-state index is 9.58. The second kappa shape index (κ2) is 6.21. The second-order valence-electron chi connectivity index (χ2n) is 5.20. The predicted octanol–water partition coefficient (Wildman–Crippen LogP) is 2.20. The summed E-state index contributed by atoms with van der Waals surface area (Å²) < 4.78 is 0. The van der Waals surface area contributed by atoms with Gasteiger partial charge >= 0.3 is 0 Å². The highest BCUT2D eigenvalue weighted by atomic mass is 16.3. The van der Waals surface area contributed by atoms with Crippen LogP contribution in [-0.2, 0) is 6.54 Å². The van der Waals surface area contributed by atoms with Gasteiger partial charge in [0.15, 0.2) is 0 Å². The zero-order valence-electron chi connectivity index (χ0n) is 11.2. The lowest BCUT2D eigenvalue weighted by molar-refractivity contribution is 0.255. The van der Waals surface area contributed by atoms with E-state index in [9.17, 15) is 5.11 Å². The quantitative estimate of drug-likeness (QED) is 0.862. The number of rotatable bonds is 3. The first-order chi connectivity index (χ1) is 8.76. The lowest BCUT2D eigenvalue weighted by Gasteiger charge is -2.32. The van der Waals surface area contributed by atoms with Gasteiger partial charge in [0.1, 0.15) is 0 Å². The fourth-order valence-electron chi connectivity index (χ4n) is 2.85. The van der Waals surface area contributed by atoms with Crippen molar-refractivity contribution in [1.82, 2.24) is 0 Å². The first-order valence-corrected chi connectivity index (χ1v) is 6.93. The standard InChI is InChI=1S/C15H24N2O/c1-12-9-13(10-16)6-7-15(12)17-8-4-2-3-5-14(17)11-18/h6-7,9,14,18H,2-5,8,10-11,16H2,1H3. The summed E-state index contributed by atoms with van der Waals surface area (Å²) >= 11 is 0. The third-order valence-electron chi connectivity index (χ3n) is 3.89. The molecule has 3 heteroatoms. The molecule has 100 valence electrons. The Balaban J connectivity index is 2.27. The molecule has 1 heterocycles. The van der Waals surface area contributed by atoms with Gasteiger partial charge in [-0.3, -0.25) is 0 Å². The molecule has 1 aromatic rings. The Morgan fingerprint density at radius 1 is 1.33 bits per heavy atom. The van der Waals surface area contributed by atoms with Gasteiger partial charge in [-0.2, -0.15) is 0 Å². The molecule has 0 bridgehead atoms. The maximum absolute atomic E-state index is 9.58. The van der Waals surface area contributed by atoms with Crippen molar-refractivity contribution in [2.45, 2.75) is 45.2 Å². The SMILES string of the molecule is Cc1cc(CN)ccc1N1CCCCCC1CO. The average molecular weight is 248 g/mol. The van der Waals surface area contributed by atoms with Gasteiger partial charge in [-0.25, -0.2) is 0 Å². The van der Waals surface area contributed by atoms with E-state index in [4.69, 9.17) is 5.73 Å². The van der Waals surface area contributed by atoms with Crippen LogP contribution in [0.4, 0.5) is 5.69 Å². The van der Waals surface area contributed by atoms with Crippen LogP contribution >= 0.6 is 0 Å². The smallest absolute Gasteiger partial charge is 0.0635 e. The highest BCUT2D eigenvalue weighted by Crippen LogP contribution is 2.27. The number of hydrogen-bond donors (Lipinski definition) is 2. The number of aliphatic hydroxyl groups excluding tert-OH is 1. The maximum Gasteiger partial charge on any atom is 0.0635 e. The highest BCUT2D eigenvalue weighted by molar-refractivity contribution is 5.55. The highest BCUT2D eigenvalue weighted by Gasteiger charge is 2.21. The minimum absolute atomic E-state index is 0.248. The van der Waals surface area contributed by atoms with Crippen LogP contribution in [0.25, 0.3) is 0 Å². The molecular weight excluding hydrogens is 224 g/mol. The van der Waals surface area contributed by atoms with Crippen molar-refractivity contribution < 1.29 is 5.11 Å². The molecule has 0 aliphatic carbocycles. The van der Waals surface area contributed by atoms with E-state index in [2.05, 4.69) is 30.0 Å². The molecule has 2 rings (SSSR count). The normalized spacial score (nSPS) is 20.8. The summed E-state index contributed by atoms with van der Waals surface area (Å²) in [4.78, 5) is 2.38. The van der Waals surface area contributed by atoms with Crippen molar-refractivity contribution >= 4 is 5.69 Å². The molecule has 0 aromatic heterocycles. The van der Waals surface area contributed by atoms with Crippen molar-refractivity contribution in [2.75, 3.05) is 18.1 Å². The first kappa shape index (κ1) is 13.4. The van der Waals surface area contributed by atoms with E-state index in [1.165, 1.54) is 36.1 Å². The molecule has 1 saturated heterocycles. The van der Waals surface area contributed by atoms with Gasteiger partial charge in [0.25, 0.3) is 0 Å². The topological polar surface area (TPSA) is 49.5 Å². The summed E-state index contributed by atoms with van der Waals surface area (Å²) in [6.07, 6.45) is 4.80. The Morgan fingerprint density at radius 2 is 2.17 bits per heavy atom. The molecule has 1 aliphatic rings. The largest absolute Gasteiger partial charge is 0.394 e. The van der Waals surface area contributed by atoms with Gasteiger partial charge in [0, 0.05) is 18.8 Å². The lowest BCUT2D eigenvalue weighted by Crippen LogP contribution is -2.38. The van der Waals surface area contributed by atoms with Gasteiger partial charge in [-0.1, -0.05) is 25.0 Å². The van der Waals surface area contributed by atoms with Crippen LogP contribution in [0.3, 0.4) is 0 Å². The Kier molecular flexibility index (Phi) is 4.61. The zero-order valence-corrected chi connectivity index (χ0v) is 11.2. The van der Waals surface area contributed by atoms with E-state index >= 15 is 0 Å². The molecule has 18 heavy (non-hydrogen) atoms. The molecular formula is C15H24N2O. The van der Waals surface area contributed by atoms with Crippen LogP contribution in [0.15, 0.2) is 18.2 Å². The van der Waals surface area contributed by atoms with Crippen molar-refractivity contribution in [3.63, 3.8) is 0 Å². The van der Waals surface area contributed by atoms with E-state index in [0.29, 0.717) is 6.54 Å². The van der Waals surface area contributed by atoms with Crippen LogP contribution in [-0.4, -0.2) is 24.3 Å². The van der Waals surface area contributed by atoms with Crippen molar-refractivity contribution in [2.24, 2.45) is 5.73 Å². The molecule has 1 atom stereocenters. The van der Waals surface area contributed by atoms with Gasteiger partial charge in [-0.15, -0.1) is 0 Å². The number of benzene rings is 1. The zero-order chi connectivity index (χ0) is 13.0. The Labute approximate surface area is 110 Å². The van der Waals surface area contributed by atoms with Crippen LogP contribution in [0, 0.1) is 6.92 Å². The summed E-state index contributed by atoms with van der Waals surface area (Å²) in [7, 11) is 0. The van der Waals surface area contributed by atoms with Crippen LogP contribution in [0.1, 0.15) is 36.8 Å². The van der Waals surface area contributed by atoms with Crippen LogP contribution < -0.4 is 10.6 Å². The third-order valence-corrected chi connectivity index (χ3v) is 3.89. The summed E-state index contributed by atoms with van der Waals surface area (Å²) in [5.41, 5.74) is 9.36. The molecule has 0 spiro atoms. The number of aliphatic hydroxyl groups is 1. The van der Waals surface area contributed by atoms with Crippen molar-refractivity contribution in [3.05, 3.63) is 29.3 Å². The lowest BCUT2D eigenvalue weighted by atomic mass is 10.1. The van der Waals surface area contributed by atoms with Gasteiger partial charge in [0.05, 0.1) is 12.6 Å². The number of hydrogen-bond acceptors (Lipinski definition) is 3. The molecule has 1 aliphatic heterocycles. The van der Waals surface area contributed by atoms with E-state index in [-0.39, 0.29) is 12.6 Å². The van der Waals surface area contributed by atoms with Crippen molar-refractivity contribution in [1.29, 1.82) is 0 Å². The number of nitrogens with two attached hydrogens (primary N) is 1. The van der Waals surface area contributed by atoms with Crippen LogP contribution in [0.5, 0.6) is 0 Å². The minimum Gasteiger partial charge on any atom is -0.394 e. The summed E-state index contributed by atoms with van der Waals surface area (Å²) in [6.45, 7) is 4.02. The van der Waals surface area contributed by atoms with E-state index in [1.54, 1.807) is 0 Å². The second-order valence-corrected chi connectivity index (χ2v) is 5.20. The molecule has 0 amide bonds. The fraction of sp³-hybridized carbons (Fsp3) is 0.600. The van der Waals surface area contributed by atoms with Crippen LogP contribution in [0.2, 0.25) is 0 Å². The molecule has 3 nitrogen and oxygen atoms in total. The van der Waals surface area contributed by atoms with E-state index in [0.717, 1.165) is 13.0 Å². The molecule has 1 aromatic carbocycles. The summed E-state index contributed by atoms with van der Waals surface area (Å²) in [6, 6.07) is 6.69. The third kappa shape index (κ3) is 2.85. The van der Waals surface area contributed by atoms with E-state index < -0.39 is 0 Å². The number of anilines is 1. The Bertz CT molecular complexity index is 392. The van der Waals surface area contributed by atoms with Gasteiger partial charge < -0.3 is 15.7 Å². The average Bonchev–Trinajstić information content (AvgIpc) is 2.63. The molecule has 0 saturated carbocycles. The number of aryl methyl sites for hydroxylation is 1. The molecule has 0 radical (unpaired) electrons. The summed E-state index contributed by atoms with van der Waals surface area (Å²) in [5.74, 6) is 0. The minimum atomic E-state index is 0.248. The monoisotopic (exact) mass is 248 g/mol. The van der Waals surface area contributed by atoms with Crippen molar-refractivity contribution in [3.8, 4) is 0 Å². The number of nitrogens with zero attached hydrogens (tertiary/aromatic N) is 1. The van der Waals surface area contributed by atoms with E-state index in [1.807, 2.05) is 0 Å². The predicted molar refractivity (Wildman–Crippen MR) is 75.8 cm³/mol. The first-order valence-electron chi connectivity index (χ1n) is 6.93. The Morgan fingerprint density at radius 3 is 2.83 bits per heavy atom. The fourth-order valence-corrected chi connectivity index (χ4v) is 2.85.